The minimum Gasteiger partial charge on any atom is -0.390 e. The molecule has 2 rings (SSSR count). The van der Waals surface area contributed by atoms with Crippen LogP contribution in [0.2, 0.25) is 0 Å². The van der Waals surface area contributed by atoms with Crippen LogP contribution >= 0.6 is 0 Å². The quantitative estimate of drug-likeness (QED) is 0.764. The van der Waals surface area contributed by atoms with Crippen LogP contribution in [0.3, 0.4) is 0 Å². The van der Waals surface area contributed by atoms with E-state index in [-0.39, 0.29) is 30.9 Å². The van der Waals surface area contributed by atoms with Crippen LogP contribution in [0.4, 0.5) is 0 Å². The van der Waals surface area contributed by atoms with Crippen LogP contribution < -0.4 is 11.2 Å². The third kappa shape index (κ3) is 3.93. The first-order valence-electron chi connectivity index (χ1n) is 11.5. The molecule has 0 amide bonds. The van der Waals surface area contributed by atoms with Gasteiger partial charge in [-0.3, -0.25) is 13.9 Å². The van der Waals surface area contributed by atoms with Crippen molar-refractivity contribution in [3.05, 3.63) is 27.2 Å². The number of hydrogen-bond donors (Lipinski definition) is 1. The number of aryl methyl sites for hydroxylation is 1. The molecular formula is C16H26N4O4. The molecule has 0 fully saturated rings. The lowest BCUT2D eigenvalue weighted by atomic mass is 10.0. The van der Waals surface area contributed by atoms with Crippen molar-refractivity contribution in [3.8, 4) is 0 Å². The monoisotopic (exact) mass is 346 g/mol. The van der Waals surface area contributed by atoms with Crippen LogP contribution in [-0.2, 0) is 25.1 Å². The molecule has 8 heteroatoms. The number of imidazole rings is 1. The molecule has 0 bridgehead atoms. The first kappa shape index (κ1) is 10.1. The van der Waals surface area contributed by atoms with Crippen molar-refractivity contribution in [1.82, 2.24) is 18.7 Å². The van der Waals surface area contributed by atoms with E-state index in [1.54, 1.807) is 6.92 Å². The SMILES string of the molecule is [2H]C([2H])([2H])C(O)(C([2H])([2H])[2H])C([2H])([2H])CCCn1c(=O)c2c(ncn2COCC)n(C)c1=O. The van der Waals surface area contributed by atoms with Gasteiger partial charge in [0.05, 0.1) is 11.9 Å². The van der Waals surface area contributed by atoms with Crippen LogP contribution in [0.15, 0.2) is 15.9 Å². The van der Waals surface area contributed by atoms with Gasteiger partial charge in [0, 0.05) is 31.2 Å². The van der Waals surface area contributed by atoms with Gasteiger partial charge in [-0.15, -0.1) is 0 Å². The Kier molecular flexibility index (Phi) is 3.09. The molecule has 0 atom stereocenters. The molecular weight excluding hydrogens is 312 g/mol. The minimum atomic E-state index is -3.64. The van der Waals surface area contributed by atoms with E-state index in [2.05, 4.69) is 4.98 Å². The first-order chi connectivity index (χ1) is 14.5. The Bertz CT molecular complexity index is 1070. The second-order valence-corrected chi connectivity index (χ2v) is 5.30. The summed E-state index contributed by atoms with van der Waals surface area (Å²) in [5.41, 5.74) is -4.85. The van der Waals surface area contributed by atoms with Crippen molar-refractivity contribution in [3.63, 3.8) is 0 Å². The molecule has 0 aromatic carbocycles. The highest BCUT2D eigenvalue weighted by Gasteiger charge is 2.16. The highest BCUT2D eigenvalue weighted by Crippen LogP contribution is 2.12. The Morgan fingerprint density at radius 3 is 2.83 bits per heavy atom. The summed E-state index contributed by atoms with van der Waals surface area (Å²) in [6.45, 7) is -5.25. The smallest absolute Gasteiger partial charge is 0.332 e. The minimum absolute atomic E-state index is 0.0210. The van der Waals surface area contributed by atoms with Crippen molar-refractivity contribution in [1.29, 1.82) is 0 Å². The van der Waals surface area contributed by atoms with Crippen molar-refractivity contribution in [2.45, 2.75) is 58.7 Å². The Morgan fingerprint density at radius 2 is 2.17 bits per heavy atom. The van der Waals surface area contributed by atoms with Crippen LogP contribution in [0, 0.1) is 0 Å². The third-order valence-corrected chi connectivity index (χ3v) is 3.48. The first-order valence-corrected chi connectivity index (χ1v) is 7.46. The molecule has 0 aliphatic rings. The number of ether oxygens (including phenoxy) is 1. The topological polar surface area (TPSA) is 91.3 Å². The van der Waals surface area contributed by atoms with E-state index in [1.807, 2.05) is 0 Å². The van der Waals surface area contributed by atoms with Gasteiger partial charge in [-0.1, -0.05) is 0 Å². The molecule has 0 saturated carbocycles. The fourth-order valence-corrected chi connectivity index (χ4v) is 2.31. The van der Waals surface area contributed by atoms with Gasteiger partial charge in [0.1, 0.15) is 6.73 Å². The van der Waals surface area contributed by atoms with Crippen LogP contribution in [0.25, 0.3) is 11.2 Å². The van der Waals surface area contributed by atoms with Gasteiger partial charge in [-0.05, 0) is 39.8 Å². The maximum Gasteiger partial charge on any atom is 0.332 e. The van der Waals surface area contributed by atoms with E-state index in [0.29, 0.717) is 6.61 Å². The van der Waals surface area contributed by atoms with Gasteiger partial charge in [0.25, 0.3) is 5.56 Å². The maximum atomic E-state index is 12.9. The van der Waals surface area contributed by atoms with Gasteiger partial charge in [-0.25, -0.2) is 9.78 Å². The average molecular weight is 346 g/mol. The van der Waals surface area contributed by atoms with Gasteiger partial charge < -0.3 is 14.4 Å². The normalized spacial score (nSPS) is 18.8. The number of nitrogens with zero attached hydrogens (tertiary/aromatic N) is 4. The Hall–Kier alpha value is -1.93. The predicted octanol–water partition coefficient (Wildman–Crippen LogP) is 0.832. The fourth-order valence-electron chi connectivity index (χ4n) is 2.31. The van der Waals surface area contributed by atoms with Crippen LogP contribution in [0.1, 0.15) is 50.8 Å². The number of aliphatic hydroxyl groups is 1. The van der Waals surface area contributed by atoms with E-state index in [4.69, 9.17) is 15.7 Å². The summed E-state index contributed by atoms with van der Waals surface area (Å²) in [7, 11) is 1.40. The Balaban J connectivity index is 2.39. The summed E-state index contributed by atoms with van der Waals surface area (Å²) in [6.07, 6.45) is -2.75. The maximum absolute atomic E-state index is 12.9. The molecule has 2 heterocycles. The number of fused-ring (bicyclic) bond motifs is 1. The van der Waals surface area contributed by atoms with Crippen LogP contribution in [0.5, 0.6) is 0 Å². The zero-order valence-corrected chi connectivity index (χ0v) is 13.6. The van der Waals surface area contributed by atoms with Crippen molar-refractivity contribution in [2.24, 2.45) is 7.05 Å². The zero-order chi connectivity index (χ0) is 24.7. The summed E-state index contributed by atoms with van der Waals surface area (Å²) in [6, 6.07) is 0. The van der Waals surface area contributed by atoms with E-state index in [0.717, 1.165) is 9.13 Å². The lowest BCUT2D eigenvalue weighted by molar-refractivity contribution is 0.0678. The van der Waals surface area contributed by atoms with Crippen molar-refractivity contribution >= 4 is 11.2 Å². The molecule has 0 aliphatic heterocycles. The standard InChI is InChI=1S/C16H26N4O4/c1-5-24-11-19-10-17-13-12(19)14(21)20(15(22)18(13)4)9-7-6-8-16(2,3)23/h10,23H,5-9,11H2,1-4H3/i2D3,3D3,8D2. The summed E-state index contributed by atoms with van der Waals surface area (Å²) < 4.78 is 69.1. The second-order valence-electron chi connectivity index (χ2n) is 5.30. The number of hydrogen-bond acceptors (Lipinski definition) is 5. The molecule has 24 heavy (non-hydrogen) atoms. The zero-order valence-electron chi connectivity index (χ0n) is 21.6. The summed E-state index contributed by atoms with van der Waals surface area (Å²) in [5, 5.41) is 10.4. The lowest BCUT2D eigenvalue weighted by Crippen LogP contribution is -2.39. The molecule has 0 radical (unpaired) electrons. The van der Waals surface area contributed by atoms with Crippen molar-refractivity contribution in [2.75, 3.05) is 6.61 Å². The molecule has 0 saturated heterocycles. The largest absolute Gasteiger partial charge is 0.390 e. The Morgan fingerprint density at radius 1 is 1.42 bits per heavy atom. The van der Waals surface area contributed by atoms with E-state index < -0.39 is 43.3 Å². The molecule has 134 valence electrons. The Labute approximate surface area is 151 Å². The van der Waals surface area contributed by atoms with E-state index >= 15 is 0 Å². The van der Waals surface area contributed by atoms with Gasteiger partial charge in [-0.2, -0.15) is 0 Å². The summed E-state index contributed by atoms with van der Waals surface area (Å²) >= 11 is 0. The second kappa shape index (κ2) is 7.31. The van der Waals surface area contributed by atoms with Crippen LogP contribution in [-0.4, -0.2) is 36.0 Å². The molecule has 1 N–H and O–H groups in total. The number of rotatable bonds is 8. The van der Waals surface area contributed by atoms with E-state index in [9.17, 15) is 14.7 Å². The highest BCUT2D eigenvalue weighted by atomic mass is 16.5. The summed E-state index contributed by atoms with van der Waals surface area (Å²) in [4.78, 5) is 29.6. The van der Waals surface area contributed by atoms with E-state index in [1.165, 1.54) is 17.9 Å². The number of aromatic nitrogens is 4. The van der Waals surface area contributed by atoms with Gasteiger partial charge in [0.15, 0.2) is 11.2 Å². The predicted molar refractivity (Wildman–Crippen MR) is 91.0 cm³/mol. The van der Waals surface area contributed by atoms with Gasteiger partial charge in [0.2, 0.25) is 0 Å². The molecule has 2 aromatic heterocycles. The fraction of sp³-hybridized carbons (Fsp3) is 0.688. The summed E-state index contributed by atoms with van der Waals surface area (Å²) in [5.74, 6) is 0. The molecule has 0 spiro atoms. The average Bonchev–Trinajstić information content (AvgIpc) is 3.08. The lowest BCUT2D eigenvalue weighted by Gasteiger charge is -2.16. The molecule has 2 aromatic rings. The molecule has 8 nitrogen and oxygen atoms in total. The van der Waals surface area contributed by atoms with Gasteiger partial charge >= 0.3 is 5.69 Å². The van der Waals surface area contributed by atoms with Crippen molar-refractivity contribution < 1.29 is 20.8 Å². The highest BCUT2D eigenvalue weighted by molar-refractivity contribution is 5.69. The molecule has 0 aliphatic carbocycles. The third-order valence-electron chi connectivity index (χ3n) is 3.48. The molecule has 0 unspecified atom stereocenters.